The molecule has 0 atom stereocenters. The SMILES string of the molecule is Cc1ccc(OCCn2cnc3scc(-c4ccc(C)c(C)c4)c3c2=O)cc1. The Labute approximate surface area is 168 Å². The minimum absolute atomic E-state index is 0.0213. The average Bonchev–Trinajstić information content (AvgIpc) is 3.12. The fourth-order valence-corrected chi connectivity index (χ4v) is 4.05. The number of nitrogens with zero attached hydrogens (tertiary/aromatic N) is 2. The molecular formula is C23H22N2O2S. The zero-order chi connectivity index (χ0) is 19.7. The Morgan fingerprint density at radius 2 is 1.82 bits per heavy atom. The maximum Gasteiger partial charge on any atom is 0.262 e. The standard InChI is InChI=1S/C23H22N2O2S/c1-15-4-8-19(9-5-15)27-11-10-25-14-24-22-21(23(25)26)20(13-28-22)18-7-6-16(2)17(3)12-18/h4-9,12-14H,10-11H2,1-3H3. The maximum absolute atomic E-state index is 13.1. The molecule has 28 heavy (non-hydrogen) atoms. The Balaban J connectivity index is 1.61. The highest BCUT2D eigenvalue weighted by Crippen LogP contribution is 2.31. The maximum atomic E-state index is 13.1. The average molecular weight is 391 g/mol. The molecule has 0 unspecified atom stereocenters. The van der Waals surface area contributed by atoms with Crippen molar-refractivity contribution in [2.45, 2.75) is 27.3 Å². The van der Waals surface area contributed by atoms with Gasteiger partial charge in [-0.3, -0.25) is 9.36 Å². The summed E-state index contributed by atoms with van der Waals surface area (Å²) in [5.74, 6) is 0.805. The summed E-state index contributed by atoms with van der Waals surface area (Å²) in [5, 5.41) is 2.71. The minimum Gasteiger partial charge on any atom is -0.492 e. The number of aryl methyl sites for hydroxylation is 3. The first kappa shape index (κ1) is 18.4. The highest BCUT2D eigenvalue weighted by atomic mass is 32.1. The molecule has 2 aromatic carbocycles. The predicted octanol–water partition coefficient (Wildman–Crippen LogP) is 5.13. The number of ether oxygens (including phenoxy) is 1. The number of aromatic nitrogens is 2. The fourth-order valence-electron chi connectivity index (χ4n) is 3.14. The Morgan fingerprint density at radius 1 is 1.04 bits per heavy atom. The van der Waals surface area contributed by atoms with Gasteiger partial charge in [0.15, 0.2) is 0 Å². The van der Waals surface area contributed by atoms with Crippen LogP contribution in [0.3, 0.4) is 0 Å². The second kappa shape index (κ2) is 7.60. The Kier molecular flexibility index (Phi) is 5.01. The summed E-state index contributed by atoms with van der Waals surface area (Å²) in [6, 6.07) is 14.2. The van der Waals surface area contributed by atoms with Crippen molar-refractivity contribution in [3.05, 3.63) is 81.2 Å². The highest BCUT2D eigenvalue weighted by molar-refractivity contribution is 7.17. The van der Waals surface area contributed by atoms with Gasteiger partial charge in [0.2, 0.25) is 0 Å². The number of thiophene rings is 1. The molecule has 4 rings (SSSR count). The summed E-state index contributed by atoms with van der Waals surface area (Å²) in [7, 11) is 0. The topological polar surface area (TPSA) is 44.1 Å². The van der Waals surface area contributed by atoms with Crippen LogP contribution >= 0.6 is 11.3 Å². The van der Waals surface area contributed by atoms with Crippen molar-refractivity contribution in [3.63, 3.8) is 0 Å². The third-order valence-electron chi connectivity index (χ3n) is 5.00. The van der Waals surface area contributed by atoms with Gasteiger partial charge >= 0.3 is 0 Å². The van der Waals surface area contributed by atoms with Crippen molar-refractivity contribution in [3.8, 4) is 16.9 Å². The Hall–Kier alpha value is -2.92. The van der Waals surface area contributed by atoms with Gasteiger partial charge in [-0.1, -0.05) is 35.9 Å². The van der Waals surface area contributed by atoms with E-state index in [1.54, 1.807) is 10.9 Å². The zero-order valence-corrected chi connectivity index (χ0v) is 17.0. The van der Waals surface area contributed by atoms with Gasteiger partial charge in [-0.05, 0) is 49.6 Å². The van der Waals surface area contributed by atoms with Crippen molar-refractivity contribution < 1.29 is 4.74 Å². The monoisotopic (exact) mass is 390 g/mol. The van der Waals surface area contributed by atoms with Crippen molar-refractivity contribution in [2.75, 3.05) is 6.61 Å². The summed E-state index contributed by atoms with van der Waals surface area (Å²) < 4.78 is 7.41. The van der Waals surface area contributed by atoms with Crippen LogP contribution in [0.4, 0.5) is 0 Å². The van der Waals surface area contributed by atoms with Crippen molar-refractivity contribution in [1.82, 2.24) is 9.55 Å². The van der Waals surface area contributed by atoms with E-state index >= 15 is 0 Å². The van der Waals surface area contributed by atoms with Crippen LogP contribution in [0.2, 0.25) is 0 Å². The van der Waals surface area contributed by atoms with E-state index in [4.69, 9.17) is 4.74 Å². The molecule has 0 fully saturated rings. The second-order valence-corrected chi connectivity index (χ2v) is 7.89. The third kappa shape index (κ3) is 3.58. The molecule has 142 valence electrons. The van der Waals surface area contributed by atoms with Gasteiger partial charge in [0.25, 0.3) is 5.56 Å². The van der Waals surface area contributed by atoms with Crippen LogP contribution in [0.15, 0.2) is 59.0 Å². The lowest BCUT2D eigenvalue weighted by Crippen LogP contribution is -2.23. The smallest absolute Gasteiger partial charge is 0.262 e. The molecule has 2 heterocycles. The normalized spacial score (nSPS) is 11.1. The molecule has 0 spiro atoms. The first-order valence-electron chi connectivity index (χ1n) is 9.26. The number of benzene rings is 2. The number of hydrogen-bond donors (Lipinski definition) is 0. The largest absolute Gasteiger partial charge is 0.492 e. The predicted molar refractivity (Wildman–Crippen MR) is 115 cm³/mol. The van der Waals surface area contributed by atoms with Gasteiger partial charge < -0.3 is 4.74 Å². The quantitative estimate of drug-likeness (QED) is 0.474. The molecular weight excluding hydrogens is 368 g/mol. The molecule has 0 bridgehead atoms. The van der Waals surface area contributed by atoms with Crippen LogP contribution in [-0.4, -0.2) is 16.2 Å². The van der Waals surface area contributed by atoms with E-state index in [0.29, 0.717) is 18.5 Å². The number of hydrogen-bond acceptors (Lipinski definition) is 4. The zero-order valence-electron chi connectivity index (χ0n) is 16.2. The lowest BCUT2D eigenvalue weighted by Gasteiger charge is -2.09. The molecule has 5 heteroatoms. The molecule has 0 saturated heterocycles. The summed E-state index contributed by atoms with van der Waals surface area (Å²) in [5.41, 5.74) is 5.64. The van der Waals surface area contributed by atoms with Gasteiger partial charge in [0, 0.05) is 10.9 Å². The van der Waals surface area contributed by atoms with Crippen LogP contribution in [0.1, 0.15) is 16.7 Å². The molecule has 0 amide bonds. The van der Waals surface area contributed by atoms with Gasteiger partial charge in [-0.15, -0.1) is 11.3 Å². The second-order valence-electron chi connectivity index (χ2n) is 7.03. The molecule has 2 aromatic heterocycles. The van der Waals surface area contributed by atoms with E-state index in [-0.39, 0.29) is 5.56 Å². The fraction of sp³-hybridized carbons (Fsp3) is 0.217. The van der Waals surface area contributed by atoms with E-state index in [9.17, 15) is 4.79 Å². The summed E-state index contributed by atoms with van der Waals surface area (Å²) in [6.45, 7) is 7.09. The van der Waals surface area contributed by atoms with Gasteiger partial charge in [0.05, 0.1) is 18.3 Å². The molecule has 4 aromatic rings. The summed E-state index contributed by atoms with van der Waals surface area (Å²) in [4.78, 5) is 18.4. The van der Waals surface area contributed by atoms with E-state index in [2.05, 4.69) is 37.0 Å². The summed E-state index contributed by atoms with van der Waals surface area (Å²) in [6.07, 6.45) is 1.61. The van der Waals surface area contributed by atoms with Crippen LogP contribution in [0, 0.1) is 20.8 Å². The summed E-state index contributed by atoms with van der Waals surface area (Å²) >= 11 is 1.51. The first-order valence-corrected chi connectivity index (χ1v) is 10.1. The minimum atomic E-state index is -0.0213. The van der Waals surface area contributed by atoms with E-state index < -0.39 is 0 Å². The lowest BCUT2D eigenvalue weighted by molar-refractivity contribution is 0.296. The van der Waals surface area contributed by atoms with E-state index in [1.165, 1.54) is 28.0 Å². The van der Waals surface area contributed by atoms with Gasteiger partial charge in [0.1, 0.15) is 17.2 Å². The third-order valence-corrected chi connectivity index (χ3v) is 5.89. The number of rotatable bonds is 5. The molecule has 0 aliphatic heterocycles. The van der Waals surface area contributed by atoms with Crippen molar-refractivity contribution in [1.29, 1.82) is 0 Å². The van der Waals surface area contributed by atoms with Gasteiger partial charge in [-0.25, -0.2) is 4.98 Å². The van der Waals surface area contributed by atoms with Crippen LogP contribution in [0.5, 0.6) is 5.75 Å². The Bertz CT molecular complexity index is 1190. The van der Waals surface area contributed by atoms with E-state index in [1.807, 2.05) is 36.6 Å². The van der Waals surface area contributed by atoms with E-state index in [0.717, 1.165) is 21.7 Å². The molecule has 0 aliphatic carbocycles. The number of fused-ring (bicyclic) bond motifs is 1. The van der Waals surface area contributed by atoms with Crippen molar-refractivity contribution in [2.24, 2.45) is 0 Å². The van der Waals surface area contributed by atoms with Gasteiger partial charge in [-0.2, -0.15) is 0 Å². The molecule has 0 saturated carbocycles. The van der Waals surface area contributed by atoms with Crippen molar-refractivity contribution >= 4 is 21.6 Å². The van der Waals surface area contributed by atoms with Crippen LogP contribution in [-0.2, 0) is 6.54 Å². The lowest BCUT2D eigenvalue weighted by atomic mass is 10.0. The molecule has 4 nitrogen and oxygen atoms in total. The Morgan fingerprint density at radius 3 is 2.57 bits per heavy atom. The van der Waals surface area contributed by atoms with Crippen LogP contribution in [0.25, 0.3) is 21.3 Å². The highest BCUT2D eigenvalue weighted by Gasteiger charge is 2.13. The van der Waals surface area contributed by atoms with Crippen LogP contribution < -0.4 is 10.3 Å². The molecule has 0 radical (unpaired) electrons. The molecule has 0 aliphatic rings. The molecule has 0 N–H and O–H groups in total. The first-order chi connectivity index (χ1) is 13.5.